The lowest BCUT2D eigenvalue weighted by Gasteiger charge is -2.44. The lowest BCUT2D eigenvalue weighted by Crippen LogP contribution is -2.71. The molecular weight excluding hydrogens is 715 g/mol. The fourth-order valence-electron chi connectivity index (χ4n) is 3.84. The van der Waals surface area contributed by atoms with Gasteiger partial charge in [-0.05, 0) is 12.5 Å². The lowest BCUT2D eigenvalue weighted by molar-refractivity contribution is -0.164. The summed E-state index contributed by atoms with van der Waals surface area (Å²) in [5.74, 6) is -1.95. The van der Waals surface area contributed by atoms with Crippen molar-refractivity contribution < 1.29 is 28.7 Å². The lowest BCUT2D eigenvalue weighted by atomic mass is 9.95. The van der Waals surface area contributed by atoms with Crippen LogP contribution in [-0.4, -0.2) is 77.1 Å². The minimum absolute atomic E-state index is 0.322. The maximum Gasteiger partial charge on any atom is 0.408 e. The number of benzene rings is 1. The first kappa shape index (κ1) is 32.0. The zero-order valence-electron chi connectivity index (χ0n) is 19.3. The number of rotatable bonds is 8. The van der Waals surface area contributed by atoms with E-state index in [4.69, 9.17) is 79.1 Å². The largest absolute Gasteiger partial charge is 0.460 e. The van der Waals surface area contributed by atoms with Gasteiger partial charge in [0.1, 0.15) is 36.7 Å². The Balaban J connectivity index is 1.74. The second kappa shape index (κ2) is 12.5. The number of hydrogen-bond acceptors (Lipinski definition) is 7. The number of halogens is 7. The van der Waals surface area contributed by atoms with Crippen LogP contribution in [0.5, 0.6) is 0 Å². The van der Waals surface area contributed by atoms with E-state index in [1.165, 1.54) is 16.7 Å². The summed E-state index contributed by atoms with van der Waals surface area (Å²) in [6, 6.07) is 5.07. The Morgan fingerprint density at radius 1 is 1.08 bits per heavy atom. The summed E-state index contributed by atoms with van der Waals surface area (Å²) in [4.78, 5) is 52.9. The molecule has 0 radical (unpaired) electrons. The number of carbonyl (C=O) groups excluding carboxylic acids is 4. The van der Waals surface area contributed by atoms with Gasteiger partial charge in [-0.25, -0.2) is 9.59 Å². The average Bonchev–Trinajstić information content (AvgIpc) is 3.12. The van der Waals surface area contributed by atoms with Gasteiger partial charge in [-0.2, -0.15) is 0 Å². The molecule has 3 rings (SSSR count). The van der Waals surface area contributed by atoms with Crippen molar-refractivity contribution in [2.24, 2.45) is 0 Å². The number of nitrogens with zero attached hydrogens (tertiary/aromatic N) is 1. The van der Waals surface area contributed by atoms with Crippen molar-refractivity contribution in [2.75, 3.05) is 18.5 Å². The first-order valence-electron chi connectivity index (χ1n) is 10.7. The molecule has 0 spiro atoms. The van der Waals surface area contributed by atoms with Gasteiger partial charge in [0.15, 0.2) is 0 Å². The quantitative estimate of drug-likeness (QED) is 0.227. The predicted octanol–water partition coefficient (Wildman–Crippen LogP) is 4.66. The third-order valence-corrected chi connectivity index (χ3v) is 9.35. The third kappa shape index (κ3) is 7.81. The van der Waals surface area contributed by atoms with Crippen molar-refractivity contribution in [3.05, 3.63) is 35.9 Å². The molecule has 0 saturated carbocycles. The molecule has 5 atom stereocenters. The fourth-order valence-corrected chi connectivity index (χ4v) is 6.49. The van der Waals surface area contributed by atoms with Crippen molar-refractivity contribution in [1.29, 1.82) is 0 Å². The van der Waals surface area contributed by atoms with Crippen LogP contribution in [0.25, 0.3) is 0 Å². The third-order valence-electron chi connectivity index (χ3n) is 5.52. The molecule has 38 heavy (non-hydrogen) atoms. The second-order valence-corrected chi connectivity index (χ2v) is 15.7. The van der Waals surface area contributed by atoms with Gasteiger partial charge >= 0.3 is 12.1 Å². The molecule has 210 valence electrons. The van der Waals surface area contributed by atoms with Gasteiger partial charge < -0.3 is 25.0 Å². The molecule has 0 aliphatic carbocycles. The number of ether oxygens (including phenoxy) is 2. The molecule has 3 amide bonds. The predicted molar refractivity (Wildman–Crippen MR) is 151 cm³/mol. The number of nitrogens with one attached hydrogen (secondary N) is 2. The van der Waals surface area contributed by atoms with Gasteiger partial charge in [-0.1, -0.05) is 116 Å². The van der Waals surface area contributed by atoms with E-state index in [0.717, 1.165) is 0 Å². The Morgan fingerprint density at radius 3 is 2.21 bits per heavy atom. The molecule has 0 bridgehead atoms. The minimum Gasteiger partial charge on any atom is -0.460 e. The number of carbonyl (C=O) groups is 4. The highest BCUT2D eigenvalue weighted by molar-refractivity contribution is 9.09. The molecule has 4 unspecified atom stereocenters. The number of amides is 3. The molecule has 1 aromatic carbocycles. The van der Waals surface area contributed by atoms with Gasteiger partial charge in [-0.3, -0.25) is 9.59 Å². The Morgan fingerprint density at radius 2 is 1.66 bits per heavy atom. The van der Waals surface area contributed by atoms with Crippen molar-refractivity contribution in [3.63, 3.8) is 0 Å². The summed E-state index contributed by atoms with van der Waals surface area (Å²) in [6.07, 6.45) is -1.01. The van der Waals surface area contributed by atoms with E-state index in [1.54, 1.807) is 37.3 Å². The summed E-state index contributed by atoms with van der Waals surface area (Å²) in [6.45, 7) is 0.719. The Kier molecular flexibility index (Phi) is 10.6. The van der Waals surface area contributed by atoms with E-state index < -0.39 is 72.9 Å². The van der Waals surface area contributed by atoms with Crippen LogP contribution in [-0.2, 0) is 23.9 Å². The molecule has 2 saturated heterocycles. The van der Waals surface area contributed by atoms with Gasteiger partial charge in [0.05, 0.1) is 4.75 Å². The molecule has 1 aromatic rings. The first-order valence-corrected chi connectivity index (χ1v) is 15.0. The van der Waals surface area contributed by atoms with E-state index in [1.807, 2.05) is 0 Å². The molecule has 2 aliphatic rings. The van der Waals surface area contributed by atoms with E-state index in [2.05, 4.69) is 26.6 Å². The molecule has 2 heterocycles. The van der Waals surface area contributed by atoms with Crippen molar-refractivity contribution in [1.82, 2.24) is 15.5 Å². The van der Waals surface area contributed by atoms with Gasteiger partial charge in [-0.15, -0.1) is 11.8 Å². The van der Waals surface area contributed by atoms with Gasteiger partial charge in [0.2, 0.25) is 19.4 Å². The summed E-state index contributed by atoms with van der Waals surface area (Å²) in [5, 5.41) is 4.81. The molecule has 2 aliphatic heterocycles. The van der Waals surface area contributed by atoms with E-state index in [9.17, 15) is 19.2 Å². The van der Waals surface area contributed by atoms with E-state index in [0.29, 0.717) is 10.9 Å². The Hall–Kier alpha value is -0.530. The fraction of sp³-hybridized carbons (Fsp3) is 0.524. The highest BCUT2D eigenvalue weighted by Crippen LogP contribution is 2.52. The van der Waals surface area contributed by atoms with E-state index >= 15 is 0 Å². The van der Waals surface area contributed by atoms with Crippen LogP contribution in [0.15, 0.2) is 30.3 Å². The molecule has 17 heteroatoms. The highest BCUT2D eigenvalue weighted by atomic mass is 79.9. The second-order valence-electron chi connectivity index (χ2n) is 8.49. The number of alkyl carbamates (subject to hydrolysis) is 1. The number of esters is 1. The summed E-state index contributed by atoms with van der Waals surface area (Å²) >= 11 is 38.6. The smallest absolute Gasteiger partial charge is 0.408 e. The normalized spacial score (nSPS) is 25.6. The molecular formula is C21H20BrCl6N3O6S. The van der Waals surface area contributed by atoms with Crippen molar-refractivity contribution in [3.8, 4) is 0 Å². The van der Waals surface area contributed by atoms with Crippen LogP contribution in [0, 0.1) is 0 Å². The summed E-state index contributed by atoms with van der Waals surface area (Å²) < 4.78 is 5.57. The van der Waals surface area contributed by atoms with Crippen molar-refractivity contribution in [2.45, 2.75) is 42.8 Å². The van der Waals surface area contributed by atoms with Crippen LogP contribution in [0.1, 0.15) is 18.5 Å². The van der Waals surface area contributed by atoms with Crippen LogP contribution in [0.3, 0.4) is 0 Å². The minimum atomic E-state index is -1.85. The Bertz CT molecular complexity index is 1080. The standard InChI is InChI=1S/C21H20BrCl6N3O6S/c1-19(7-22)13(17(34)36-8-20(23,24)25)31-15(33)12(16(31)38-19)29-14(32)11(10-5-3-2-4-6-10)30-18(35)37-9-21(26,27)28/h2-6,11-13,16H,7-9H2,1H3,(H,29,32)(H,30,35)/t11?,12?,13?,16-,19?/m1/s1. The summed E-state index contributed by atoms with van der Waals surface area (Å²) in [7, 11) is 0. The zero-order valence-corrected chi connectivity index (χ0v) is 26.2. The highest BCUT2D eigenvalue weighted by Gasteiger charge is 2.66. The molecule has 2 N–H and O–H groups in total. The molecule has 0 aromatic heterocycles. The maximum absolute atomic E-state index is 13.3. The number of hydrogen-bond donors (Lipinski definition) is 2. The first-order chi connectivity index (χ1) is 17.6. The van der Waals surface area contributed by atoms with Crippen LogP contribution in [0.2, 0.25) is 0 Å². The number of thioether (sulfide) groups is 1. The zero-order chi connectivity index (χ0) is 28.5. The number of β-lactam (4-membered cyclic amide) rings is 1. The average molecular weight is 735 g/mol. The van der Waals surface area contributed by atoms with Gasteiger partial charge in [0, 0.05) is 5.33 Å². The summed E-state index contributed by atoms with van der Waals surface area (Å²) in [5.41, 5.74) is 0.414. The topological polar surface area (TPSA) is 114 Å². The van der Waals surface area contributed by atoms with Crippen LogP contribution in [0.4, 0.5) is 4.79 Å². The Labute approximate surface area is 260 Å². The number of alkyl halides is 7. The van der Waals surface area contributed by atoms with Crippen LogP contribution < -0.4 is 10.6 Å². The van der Waals surface area contributed by atoms with Crippen molar-refractivity contribution >= 4 is 121 Å². The monoisotopic (exact) mass is 731 g/mol. The molecule has 9 nitrogen and oxygen atoms in total. The maximum atomic E-state index is 13.3. The number of fused-ring (bicyclic) bond motifs is 1. The molecule has 2 fully saturated rings. The SMILES string of the molecule is CC1(CBr)S[C@@H]2C(NC(=O)C(NC(=O)OCC(Cl)(Cl)Cl)c3ccccc3)C(=O)N2C1C(=O)OCC(Cl)(Cl)Cl. The van der Waals surface area contributed by atoms with E-state index in [-0.39, 0.29) is 0 Å². The van der Waals surface area contributed by atoms with Gasteiger partial charge in [0.25, 0.3) is 0 Å². The van der Waals surface area contributed by atoms with Crippen LogP contribution >= 0.6 is 97.3 Å².